The number of carbonyl (C=O) groups excluding carboxylic acids is 2. The van der Waals surface area contributed by atoms with Crippen LogP contribution < -0.4 is 0 Å². The van der Waals surface area contributed by atoms with Gasteiger partial charge in [-0.25, -0.2) is 0 Å². The van der Waals surface area contributed by atoms with Gasteiger partial charge in [0.05, 0.1) is 6.61 Å². The highest BCUT2D eigenvalue weighted by molar-refractivity contribution is 5.70. The van der Waals surface area contributed by atoms with Crippen LogP contribution in [0.2, 0.25) is 0 Å². The van der Waals surface area contributed by atoms with Crippen molar-refractivity contribution < 1.29 is 24.2 Å². The number of esters is 2. The molecule has 1 N–H and O–H groups in total. The summed E-state index contributed by atoms with van der Waals surface area (Å²) in [5.74, 6) is -0.574. The molecule has 0 aliphatic carbocycles. The van der Waals surface area contributed by atoms with Gasteiger partial charge in [0.15, 0.2) is 6.10 Å². The summed E-state index contributed by atoms with van der Waals surface area (Å²) in [7, 11) is 0. The Hall–Kier alpha value is -1.36. The molecular weight excluding hydrogens is 777 g/mol. The minimum absolute atomic E-state index is 0.0578. The van der Waals surface area contributed by atoms with Gasteiger partial charge >= 0.3 is 11.9 Å². The largest absolute Gasteiger partial charge is 0.462 e. The quantitative estimate of drug-likeness (QED) is 0.0374. The van der Waals surface area contributed by atoms with E-state index in [1.54, 1.807) is 0 Å². The number of hydrogen-bond donors (Lipinski definition) is 1. The van der Waals surface area contributed by atoms with E-state index in [1.807, 2.05) is 0 Å². The Morgan fingerprint density at radius 1 is 0.349 bits per heavy atom. The van der Waals surface area contributed by atoms with Crippen molar-refractivity contribution in [3.8, 4) is 0 Å². The number of allylic oxidation sites excluding steroid dienone is 2. The Morgan fingerprint density at radius 3 is 0.857 bits per heavy atom. The van der Waals surface area contributed by atoms with Crippen LogP contribution in [-0.2, 0) is 19.1 Å². The zero-order chi connectivity index (χ0) is 45.6. The summed E-state index contributed by atoms with van der Waals surface area (Å²) in [6.45, 7) is 4.16. The molecule has 0 aromatic heterocycles. The molecule has 0 aliphatic rings. The molecule has 0 amide bonds. The molecule has 5 heteroatoms. The maximum absolute atomic E-state index is 12.2. The first-order valence-corrected chi connectivity index (χ1v) is 28.7. The molecule has 0 fully saturated rings. The molecule has 63 heavy (non-hydrogen) atoms. The average Bonchev–Trinajstić information content (AvgIpc) is 3.29. The molecule has 0 aromatic rings. The molecule has 5 nitrogen and oxygen atoms in total. The monoisotopic (exact) mass is 889 g/mol. The zero-order valence-electron chi connectivity index (χ0n) is 42.9. The van der Waals surface area contributed by atoms with Crippen molar-refractivity contribution in [2.45, 2.75) is 335 Å². The first kappa shape index (κ1) is 61.6. The van der Waals surface area contributed by atoms with Crippen LogP contribution in [-0.4, -0.2) is 36.4 Å². The Balaban J connectivity index is 3.31. The van der Waals surface area contributed by atoms with E-state index >= 15 is 0 Å². The first-order chi connectivity index (χ1) is 31.1. The summed E-state index contributed by atoms with van der Waals surface area (Å²) < 4.78 is 10.6. The highest BCUT2D eigenvalue weighted by Crippen LogP contribution is 2.18. The van der Waals surface area contributed by atoms with Crippen molar-refractivity contribution in [3.05, 3.63) is 12.2 Å². The molecule has 0 aliphatic heterocycles. The molecule has 1 unspecified atom stereocenters. The number of rotatable bonds is 54. The maximum atomic E-state index is 12.2. The number of aliphatic hydroxyl groups is 1. The molecule has 0 aromatic carbocycles. The van der Waals surface area contributed by atoms with Crippen molar-refractivity contribution in [1.29, 1.82) is 0 Å². The van der Waals surface area contributed by atoms with Crippen LogP contribution in [0, 0.1) is 0 Å². The number of unbranched alkanes of at least 4 members (excludes halogenated alkanes) is 44. The molecule has 0 heterocycles. The Labute approximate surface area is 394 Å². The molecule has 0 rings (SSSR count). The lowest BCUT2D eigenvalue weighted by Gasteiger charge is -2.15. The summed E-state index contributed by atoms with van der Waals surface area (Å²) in [5.41, 5.74) is 0. The molecule has 0 spiro atoms. The molecule has 0 saturated carbocycles. The van der Waals surface area contributed by atoms with E-state index < -0.39 is 6.10 Å². The number of aliphatic hydroxyl groups excluding tert-OH is 1. The summed E-state index contributed by atoms with van der Waals surface area (Å²) in [5, 5.41) is 9.59. The average molecular weight is 890 g/mol. The van der Waals surface area contributed by atoms with Crippen molar-refractivity contribution in [3.63, 3.8) is 0 Å². The van der Waals surface area contributed by atoms with Crippen LogP contribution >= 0.6 is 0 Å². The highest BCUT2D eigenvalue weighted by atomic mass is 16.6. The van der Waals surface area contributed by atoms with Crippen LogP contribution in [0.25, 0.3) is 0 Å². The third kappa shape index (κ3) is 53.1. The van der Waals surface area contributed by atoms with Crippen molar-refractivity contribution in [2.75, 3.05) is 13.2 Å². The summed E-state index contributed by atoms with van der Waals surface area (Å²) in [6.07, 6.45) is 68.0. The van der Waals surface area contributed by atoms with Crippen LogP contribution in [0.4, 0.5) is 0 Å². The van der Waals surface area contributed by atoms with E-state index in [1.165, 1.54) is 263 Å². The van der Waals surface area contributed by atoms with E-state index in [4.69, 9.17) is 9.47 Å². The Morgan fingerprint density at radius 2 is 0.587 bits per heavy atom. The first-order valence-electron chi connectivity index (χ1n) is 28.7. The van der Waals surface area contributed by atoms with Crippen LogP contribution in [0.3, 0.4) is 0 Å². The second kappa shape index (κ2) is 55.0. The molecule has 0 radical (unpaired) electrons. The van der Waals surface area contributed by atoms with Crippen LogP contribution in [0.15, 0.2) is 12.2 Å². The molecule has 0 saturated heterocycles. The SMILES string of the molecule is CCCCCCCCCC/C=C\CCCCCCCCCCCCCCCCCCCCCCCCCCCCCC(=O)OC(CO)COC(=O)CCCCCCCCCCCC. The third-order valence-corrected chi connectivity index (χ3v) is 13.3. The van der Waals surface area contributed by atoms with E-state index in [-0.39, 0.29) is 25.2 Å². The van der Waals surface area contributed by atoms with Gasteiger partial charge < -0.3 is 14.6 Å². The number of hydrogen-bond acceptors (Lipinski definition) is 5. The lowest BCUT2D eigenvalue weighted by Crippen LogP contribution is -2.28. The minimum atomic E-state index is -0.763. The minimum Gasteiger partial charge on any atom is -0.462 e. The summed E-state index contributed by atoms with van der Waals surface area (Å²) in [6, 6.07) is 0. The van der Waals surface area contributed by atoms with Crippen molar-refractivity contribution in [1.82, 2.24) is 0 Å². The smallest absolute Gasteiger partial charge is 0.306 e. The van der Waals surface area contributed by atoms with Crippen LogP contribution in [0.5, 0.6) is 0 Å². The summed E-state index contributed by atoms with van der Waals surface area (Å²) in [4.78, 5) is 24.3. The normalized spacial score (nSPS) is 12.1. The fraction of sp³-hybridized carbons (Fsp3) is 0.931. The number of carbonyl (C=O) groups is 2. The van der Waals surface area contributed by atoms with Crippen molar-refractivity contribution >= 4 is 11.9 Å². The maximum Gasteiger partial charge on any atom is 0.306 e. The lowest BCUT2D eigenvalue weighted by molar-refractivity contribution is -0.161. The standard InChI is InChI=1S/C58H112O5/c1-3-5-7-9-11-13-15-16-17-18-19-20-21-22-23-24-25-26-27-28-29-30-31-32-33-34-35-36-37-38-39-40-41-42-43-45-47-49-51-53-58(61)63-56(54-59)55-62-57(60)52-50-48-46-44-14-12-10-8-6-4-2/h18-19,56,59H,3-17,20-55H2,1-2H3/b19-18-. The van der Waals surface area contributed by atoms with Gasteiger partial charge in [-0.05, 0) is 38.5 Å². The molecule has 1 atom stereocenters. The number of ether oxygens (including phenoxy) is 2. The van der Waals surface area contributed by atoms with Gasteiger partial charge in [0.1, 0.15) is 6.61 Å². The predicted molar refractivity (Wildman–Crippen MR) is 275 cm³/mol. The van der Waals surface area contributed by atoms with Gasteiger partial charge in [0.2, 0.25) is 0 Å². The van der Waals surface area contributed by atoms with Gasteiger partial charge in [-0.1, -0.05) is 289 Å². The third-order valence-electron chi connectivity index (χ3n) is 13.3. The van der Waals surface area contributed by atoms with E-state index in [9.17, 15) is 14.7 Å². The molecular formula is C58H112O5. The van der Waals surface area contributed by atoms with Gasteiger partial charge in [0, 0.05) is 12.8 Å². The Bertz CT molecular complexity index is 917. The zero-order valence-corrected chi connectivity index (χ0v) is 42.9. The van der Waals surface area contributed by atoms with Gasteiger partial charge in [-0.2, -0.15) is 0 Å². The van der Waals surface area contributed by atoms with Gasteiger partial charge in [-0.3, -0.25) is 9.59 Å². The molecule has 0 bridgehead atoms. The van der Waals surface area contributed by atoms with Gasteiger partial charge in [-0.15, -0.1) is 0 Å². The fourth-order valence-corrected chi connectivity index (χ4v) is 8.97. The molecule has 374 valence electrons. The van der Waals surface area contributed by atoms with E-state index in [0.29, 0.717) is 12.8 Å². The highest BCUT2D eigenvalue weighted by Gasteiger charge is 2.16. The van der Waals surface area contributed by atoms with Crippen molar-refractivity contribution in [2.24, 2.45) is 0 Å². The van der Waals surface area contributed by atoms with Crippen LogP contribution in [0.1, 0.15) is 328 Å². The Kier molecular flexibility index (Phi) is 53.8. The fourth-order valence-electron chi connectivity index (χ4n) is 8.97. The second-order valence-electron chi connectivity index (χ2n) is 19.7. The van der Waals surface area contributed by atoms with Gasteiger partial charge in [0.25, 0.3) is 0 Å². The predicted octanol–water partition coefficient (Wildman–Crippen LogP) is 19.1. The topological polar surface area (TPSA) is 72.8 Å². The second-order valence-corrected chi connectivity index (χ2v) is 19.7. The summed E-state index contributed by atoms with van der Waals surface area (Å²) >= 11 is 0. The van der Waals surface area contributed by atoms with E-state index in [0.717, 1.165) is 38.5 Å². The van der Waals surface area contributed by atoms with E-state index in [2.05, 4.69) is 26.0 Å². The lowest BCUT2D eigenvalue weighted by atomic mass is 10.0.